The van der Waals surface area contributed by atoms with E-state index >= 15 is 0 Å². The van der Waals surface area contributed by atoms with E-state index in [0.717, 1.165) is 0 Å². The van der Waals surface area contributed by atoms with E-state index in [4.69, 9.17) is 0 Å². The van der Waals surface area contributed by atoms with E-state index in [1.165, 1.54) is 18.3 Å². The molecule has 3 aromatic carbocycles. The topological polar surface area (TPSA) is 0 Å². The summed E-state index contributed by atoms with van der Waals surface area (Å²) in [6, 6.07) is 30.9. The Morgan fingerprint density at radius 2 is 1.00 bits per heavy atom. The second-order valence-electron chi connectivity index (χ2n) is 4.61. The first-order valence-electron chi connectivity index (χ1n) is 6.87. The molecule has 3 aromatic rings. The predicted octanol–water partition coefficient (Wildman–Crippen LogP) is 4.16. The van der Waals surface area contributed by atoms with Crippen LogP contribution in [0.3, 0.4) is 0 Å². The van der Waals surface area contributed by atoms with Crippen LogP contribution in [0.1, 0.15) is 0 Å². The van der Waals surface area contributed by atoms with E-state index in [2.05, 4.69) is 89.9 Å². The van der Waals surface area contributed by atoms with Crippen LogP contribution in [-0.2, 0) is 10.9 Å². The van der Waals surface area contributed by atoms with Crippen LogP contribution in [-0.4, -0.2) is 20.9 Å². The van der Waals surface area contributed by atoms with Crippen LogP contribution in [0.15, 0.2) is 99.6 Å². The Hall–Kier alpha value is -1.20. The molecule has 0 fully saturated rings. The first-order chi connectivity index (χ1) is 10.4. The van der Waals surface area contributed by atoms with Crippen molar-refractivity contribution in [1.29, 1.82) is 0 Å². The zero-order valence-electron chi connectivity index (χ0n) is 11.9. The molecule has 0 N–H and O–H groups in total. The van der Waals surface area contributed by atoms with Crippen molar-refractivity contribution >= 4 is 35.4 Å². The summed E-state index contributed by atoms with van der Waals surface area (Å²) in [5.74, 6) is 0. The molecule has 0 aliphatic rings. The third-order valence-electron chi connectivity index (χ3n) is 3.25. The van der Waals surface area contributed by atoms with Crippen molar-refractivity contribution in [2.24, 2.45) is 0 Å². The molecule has 0 amide bonds. The fourth-order valence-corrected chi connectivity index (χ4v) is 5.48. The Labute approximate surface area is 139 Å². The number of rotatable bonds is 4. The van der Waals surface area contributed by atoms with Gasteiger partial charge in [-0.15, -0.1) is 0 Å². The van der Waals surface area contributed by atoms with Crippen LogP contribution < -0.4 is 3.61 Å². The fourth-order valence-electron chi connectivity index (χ4n) is 2.23. The molecule has 0 unspecified atom stereocenters. The molecule has 0 atom stereocenters. The van der Waals surface area contributed by atoms with Crippen molar-refractivity contribution in [2.75, 3.05) is 0 Å². The minimum atomic E-state index is -0.0104. The third-order valence-corrected chi connectivity index (χ3v) is 7.61. The van der Waals surface area contributed by atoms with Gasteiger partial charge in [0, 0.05) is 0 Å². The summed E-state index contributed by atoms with van der Waals surface area (Å²) >= 11 is 0.00242. The molecule has 0 radical (unpaired) electrons. The Morgan fingerprint density at radius 3 is 1.43 bits per heavy atom. The molecule has 0 spiro atoms. The van der Waals surface area contributed by atoms with E-state index in [-0.39, 0.29) is 31.8 Å². The average Bonchev–Trinajstić information content (AvgIpc) is 2.58. The van der Waals surface area contributed by atoms with Crippen molar-refractivity contribution in [3.05, 3.63) is 84.9 Å². The van der Waals surface area contributed by atoms with Crippen LogP contribution in [0.2, 0.25) is 4.97 Å². The molecule has 0 aliphatic carbocycles. The van der Waals surface area contributed by atoms with Gasteiger partial charge in [0.25, 0.3) is 0 Å². The molecule has 0 heterocycles. The van der Waals surface area contributed by atoms with E-state index in [9.17, 15) is 0 Å². The summed E-state index contributed by atoms with van der Waals surface area (Å²) in [6.07, 6.45) is 0. The molecule has 0 bridgehead atoms. The zero-order chi connectivity index (χ0) is 14.5. The van der Waals surface area contributed by atoms with Crippen LogP contribution >= 0.6 is 0 Å². The molecule has 0 aromatic heterocycles. The van der Waals surface area contributed by atoms with Gasteiger partial charge in [0.15, 0.2) is 0 Å². The van der Waals surface area contributed by atoms with Gasteiger partial charge in [-0.05, 0) is 0 Å². The molecule has 2 heteroatoms. The van der Waals surface area contributed by atoms with E-state index in [0.29, 0.717) is 0 Å². The van der Waals surface area contributed by atoms with Gasteiger partial charge in [-0.25, -0.2) is 0 Å². The molecule has 104 valence electrons. The second-order valence-corrected chi connectivity index (χ2v) is 9.15. The number of hydrogen-bond acceptors (Lipinski definition) is 0. The monoisotopic (exact) mass is 407 g/mol. The molecule has 0 saturated heterocycles. The van der Waals surface area contributed by atoms with Crippen LogP contribution in [0.5, 0.6) is 0 Å². The summed E-state index contributed by atoms with van der Waals surface area (Å²) in [7, 11) is -0.0104. The third kappa shape index (κ3) is 3.52. The Kier molecular flexibility index (Phi) is 5.04. The van der Waals surface area contributed by atoms with Gasteiger partial charge in [-0.3, -0.25) is 0 Å². The van der Waals surface area contributed by atoms with Crippen LogP contribution in [0, 0.1) is 0 Å². The quantitative estimate of drug-likeness (QED) is 0.452. The first kappa shape index (κ1) is 14.7. The maximum absolute atomic E-state index is 2.33. The normalized spacial score (nSPS) is 10.8. The zero-order valence-corrected chi connectivity index (χ0v) is 15.0. The number of hydrogen-bond donors (Lipinski definition) is 0. The molecular weight excluding hydrogens is 388 g/mol. The van der Waals surface area contributed by atoms with E-state index in [1.807, 2.05) is 0 Å². The summed E-state index contributed by atoms with van der Waals surface area (Å²) in [5.41, 5.74) is 0. The van der Waals surface area contributed by atoms with Crippen molar-refractivity contribution in [3.63, 3.8) is 0 Å². The van der Waals surface area contributed by atoms with Gasteiger partial charge in [0.1, 0.15) is 0 Å². The Balaban J connectivity index is 2.07. The molecule has 0 nitrogen and oxygen atoms in total. The van der Waals surface area contributed by atoms with Gasteiger partial charge in [-0.1, -0.05) is 0 Å². The Bertz CT molecular complexity index is 638. The fraction of sp³-hybridized carbons (Fsp3) is 0.0526. The summed E-state index contributed by atoms with van der Waals surface area (Å²) in [4.78, 5) is 6.49. The molecule has 21 heavy (non-hydrogen) atoms. The molecule has 0 saturated carbocycles. The van der Waals surface area contributed by atoms with Gasteiger partial charge in [0.2, 0.25) is 0 Å². The molecule has 3 rings (SSSR count). The summed E-state index contributed by atoms with van der Waals surface area (Å²) in [5, 5.41) is 0. The van der Waals surface area contributed by atoms with E-state index < -0.39 is 0 Å². The minimum absolute atomic E-state index is 0.00242. The van der Waals surface area contributed by atoms with Crippen molar-refractivity contribution < 1.29 is 0 Å². The number of benzene rings is 3. The van der Waals surface area contributed by atoms with Crippen LogP contribution in [0.25, 0.3) is 0 Å². The average molecular weight is 405 g/mol. The van der Waals surface area contributed by atoms with Crippen molar-refractivity contribution in [3.8, 4) is 0 Å². The van der Waals surface area contributed by atoms with Gasteiger partial charge in [0.05, 0.1) is 0 Å². The van der Waals surface area contributed by atoms with E-state index in [1.54, 1.807) is 0 Å². The second kappa shape index (κ2) is 7.18. The standard InChI is InChI=1S/C19H17STe/c1-21-19-14-12-18(13-15-19)20(16-8-4-2-5-9-16)17-10-6-3-7-11-17/h2-15H,1H3/q+1. The van der Waals surface area contributed by atoms with Crippen molar-refractivity contribution in [2.45, 2.75) is 19.7 Å². The van der Waals surface area contributed by atoms with Gasteiger partial charge in [-0.2, -0.15) is 0 Å². The van der Waals surface area contributed by atoms with Crippen LogP contribution in [0.4, 0.5) is 0 Å². The predicted molar refractivity (Wildman–Crippen MR) is 92.7 cm³/mol. The maximum atomic E-state index is 2.33. The SMILES string of the molecule is C[Te]c1ccc([S+](c2ccccc2)c2ccccc2)cc1. The Morgan fingerprint density at radius 1 is 0.571 bits per heavy atom. The first-order valence-corrected chi connectivity index (χ1v) is 11.6. The van der Waals surface area contributed by atoms with Gasteiger partial charge >= 0.3 is 140 Å². The molecular formula is C19H17STe+. The van der Waals surface area contributed by atoms with Gasteiger partial charge < -0.3 is 0 Å². The summed E-state index contributed by atoms with van der Waals surface area (Å²) < 4.78 is 1.52. The van der Waals surface area contributed by atoms with Crippen molar-refractivity contribution in [1.82, 2.24) is 0 Å². The molecule has 0 aliphatic heterocycles. The summed E-state index contributed by atoms with van der Waals surface area (Å²) in [6.45, 7) is 0.